The molecule has 0 saturated heterocycles. The molecule has 0 amide bonds. The van der Waals surface area contributed by atoms with Gasteiger partial charge in [0, 0.05) is 29.8 Å². The zero-order valence-corrected chi connectivity index (χ0v) is 12.3. The molecule has 0 unspecified atom stereocenters. The van der Waals surface area contributed by atoms with Gasteiger partial charge in [-0.25, -0.2) is 0 Å². The number of non-ortho nitro benzene ring substituents is 1. The van der Waals surface area contributed by atoms with Gasteiger partial charge in [0.1, 0.15) is 17.1 Å². The minimum Gasteiger partial charge on any atom is -0.494 e. The highest BCUT2D eigenvalue weighted by molar-refractivity contribution is 5.80. The Hall–Kier alpha value is -3.15. The highest BCUT2D eigenvalue weighted by Gasteiger charge is 2.10. The second-order valence-electron chi connectivity index (χ2n) is 4.87. The molecule has 3 rings (SSSR count). The normalized spacial score (nSPS) is 10.7. The predicted octanol–water partition coefficient (Wildman–Crippen LogP) is 3.77. The van der Waals surface area contributed by atoms with Crippen molar-refractivity contribution in [3.63, 3.8) is 0 Å². The van der Waals surface area contributed by atoms with Crippen molar-refractivity contribution in [1.29, 1.82) is 0 Å². The summed E-state index contributed by atoms with van der Waals surface area (Å²) in [4.78, 5) is 22.4. The van der Waals surface area contributed by atoms with E-state index in [1.54, 1.807) is 30.3 Å². The average Bonchev–Trinajstić information content (AvgIpc) is 2.55. The van der Waals surface area contributed by atoms with Crippen LogP contribution in [-0.2, 0) is 0 Å². The van der Waals surface area contributed by atoms with Gasteiger partial charge in [-0.15, -0.1) is 0 Å². The predicted molar refractivity (Wildman–Crippen MR) is 85.7 cm³/mol. The zero-order chi connectivity index (χ0) is 16.4. The fraction of sp³-hybridized carbons (Fsp3) is 0.118. The molecular formula is C17H13NO5. The van der Waals surface area contributed by atoms with Gasteiger partial charge in [0.15, 0.2) is 5.43 Å². The first kappa shape index (κ1) is 14.8. The Bertz CT molecular complexity index is 928. The van der Waals surface area contributed by atoms with Crippen molar-refractivity contribution >= 4 is 16.7 Å². The van der Waals surface area contributed by atoms with Gasteiger partial charge in [0.25, 0.3) is 5.69 Å². The second-order valence-corrected chi connectivity index (χ2v) is 4.87. The minimum atomic E-state index is -0.477. The molecule has 0 saturated carbocycles. The molecule has 0 N–H and O–H groups in total. The third-order valence-corrected chi connectivity index (χ3v) is 3.37. The van der Waals surface area contributed by atoms with Gasteiger partial charge >= 0.3 is 0 Å². The van der Waals surface area contributed by atoms with Crippen LogP contribution in [0, 0.1) is 10.1 Å². The summed E-state index contributed by atoms with van der Waals surface area (Å²) in [6.07, 6.45) is 0. The fourth-order valence-electron chi connectivity index (χ4n) is 2.28. The first-order valence-electron chi connectivity index (χ1n) is 7.04. The van der Waals surface area contributed by atoms with Gasteiger partial charge in [-0.3, -0.25) is 14.9 Å². The summed E-state index contributed by atoms with van der Waals surface area (Å²) in [5.74, 6) is 0.968. The van der Waals surface area contributed by atoms with Crippen LogP contribution in [0.3, 0.4) is 0 Å². The third-order valence-electron chi connectivity index (χ3n) is 3.37. The van der Waals surface area contributed by atoms with Gasteiger partial charge in [0.05, 0.1) is 16.9 Å². The lowest BCUT2D eigenvalue weighted by atomic mass is 10.1. The molecule has 6 heteroatoms. The van der Waals surface area contributed by atoms with Gasteiger partial charge in [-0.1, -0.05) is 0 Å². The molecule has 23 heavy (non-hydrogen) atoms. The van der Waals surface area contributed by atoms with Crippen LogP contribution in [0.15, 0.2) is 57.7 Å². The van der Waals surface area contributed by atoms with E-state index < -0.39 is 4.92 Å². The second kappa shape index (κ2) is 5.92. The highest BCUT2D eigenvalue weighted by Crippen LogP contribution is 2.26. The van der Waals surface area contributed by atoms with Crippen molar-refractivity contribution in [2.24, 2.45) is 0 Å². The van der Waals surface area contributed by atoms with Crippen molar-refractivity contribution in [3.05, 3.63) is 68.9 Å². The summed E-state index contributed by atoms with van der Waals surface area (Å²) in [5.41, 5.74) is 0.811. The van der Waals surface area contributed by atoms with Crippen molar-refractivity contribution in [2.75, 3.05) is 6.61 Å². The number of hydrogen-bond donors (Lipinski definition) is 0. The molecule has 0 bridgehead atoms. The van der Waals surface area contributed by atoms with E-state index in [2.05, 4.69) is 0 Å². The van der Waals surface area contributed by atoms with Crippen LogP contribution in [0.25, 0.3) is 22.3 Å². The third kappa shape index (κ3) is 2.91. The van der Waals surface area contributed by atoms with Crippen LogP contribution in [-0.4, -0.2) is 11.5 Å². The van der Waals surface area contributed by atoms with E-state index in [-0.39, 0.29) is 11.1 Å². The van der Waals surface area contributed by atoms with E-state index in [0.29, 0.717) is 34.6 Å². The van der Waals surface area contributed by atoms with E-state index >= 15 is 0 Å². The van der Waals surface area contributed by atoms with Crippen molar-refractivity contribution in [3.8, 4) is 17.1 Å². The Morgan fingerprint density at radius 2 is 1.87 bits per heavy atom. The monoisotopic (exact) mass is 311 g/mol. The SMILES string of the molecule is CCOc1ccc2c(=O)cc(-c3ccc([N+](=O)[O-])cc3)oc2c1. The molecule has 0 radical (unpaired) electrons. The lowest BCUT2D eigenvalue weighted by molar-refractivity contribution is -0.384. The molecule has 1 aromatic heterocycles. The topological polar surface area (TPSA) is 82.6 Å². The van der Waals surface area contributed by atoms with Crippen LogP contribution >= 0.6 is 0 Å². The van der Waals surface area contributed by atoms with Gasteiger partial charge in [-0.05, 0) is 31.2 Å². The fourth-order valence-corrected chi connectivity index (χ4v) is 2.28. The van der Waals surface area contributed by atoms with E-state index in [1.807, 2.05) is 6.92 Å². The number of hydrogen-bond acceptors (Lipinski definition) is 5. The van der Waals surface area contributed by atoms with Crippen LogP contribution < -0.4 is 10.2 Å². The smallest absolute Gasteiger partial charge is 0.269 e. The maximum absolute atomic E-state index is 12.2. The van der Waals surface area contributed by atoms with Crippen molar-refractivity contribution in [2.45, 2.75) is 6.92 Å². The molecule has 0 atom stereocenters. The Morgan fingerprint density at radius 1 is 1.13 bits per heavy atom. The van der Waals surface area contributed by atoms with Crippen LogP contribution in [0.2, 0.25) is 0 Å². The Labute approximate surface area is 131 Å². The molecular weight excluding hydrogens is 298 g/mol. The van der Waals surface area contributed by atoms with Gasteiger partial charge in [-0.2, -0.15) is 0 Å². The number of fused-ring (bicyclic) bond motifs is 1. The quantitative estimate of drug-likeness (QED) is 0.541. The Morgan fingerprint density at radius 3 is 2.52 bits per heavy atom. The minimum absolute atomic E-state index is 0.0180. The molecule has 2 aromatic carbocycles. The van der Waals surface area contributed by atoms with Crippen molar-refractivity contribution in [1.82, 2.24) is 0 Å². The first-order chi connectivity index (χ1) is 11.1. The van der Waals surface area contributed by atoms with E-state index in [0.717, 1.165) is 0 Å². The molecule has 0 fully saturated rings. The van der Waals surface area contributed by atoms with Crippen LogP contribution in [0.5, 0.6) is 5.75 Å². The summed E-state index contributed by atoms with van der Waals surface area (Å²) < 4.78 is 11.2. The standard InChI is InChI=1S/C17H13NO5/c1-2-22-13-7-8-14-15(19)10-16(23-17(14)9-13)11-3-5-12(6-4-11)18(20)21/h3-10H,2H2,1H3. The molecule has 0 spiro atoms. The number of benzene rings is 2. The Kier molecular flexibility index (Phi) is 3.80. The van der Waals surface area contributed by atoms with Crippen LogP contribution in [0.1, 0.15) is 6.92 Å². The maximum Gasteiger partial charge on any atom is 0.269 e. The zero-order valence-electron chi connectivity index (χ0n) is 12.3. The lowest BCUT2D eigenvalue weighted by Crippen LogP contribution is -2.01. The maximum atomic E-state index is 12.2. The molecule has 0 aliphatic heterocycles. The summed E-state index contributed by atoms with van der Waals surface area (Å²) in [6.45, 7) is 2.38. The lowest BCUT2D eigenvalue weighted by Gasteiger charge is -2.06. The van der Waals surface area contributed by atoms with E-state index in [1.165, 1.54) is 18.2 Å². The summed E-state index contributed by atoms with van der Waals surface area (Å²) in [7, 11) is 0. The number of nitrogens with zero attached hydrogens (tertiary/aromatic N) is 1. The number of nitro benzene ring substituents is 1. The van der Waals surface area contributed by atoms with Gasteiger partial charge < -0.3 is 9.15 Å². The summed E-state index contributed by atoms with van der Waals surface area (Å²) >= 11 is 0. The highest BCUT2D eigenvalue weighted by atomic mass is 16.6. The summed E-state index contributed by atoms with van der Waals surface area (Å²) in [5, 5.41) is 11.2. The summed E-state index contributed by atoms with van der Waals surface area (Å²) in [6, 6.07) is 12.3. The molecule has 3 aromatic rings. The van der Waals surface area contributed by atoms with Crippen LogP contribution in [0.4, 0.5) is 5.69 Å². The number of rotatable bonds is 4. The molecule has 0 aliphatic carbocycles. The largest absolute Gasteiger partial charge is 0.494 e. The first-order valence-corrected chi connectivity index (χ1v) is 7.04. The molecule has 1 heterocycles. The van der Waals surface area contributed by atoms with Gasteiger partial charge in [0.2, 0.25) is 0 Å². The number of ether oxygens (including phenoxy) is 1. The average molecular weight is 311 g/mol. The van der Waals surface area contributed by atoms with Crippen molar-refractivity contribution < 1.29 is 14.1 Å². The molecule has 0 aliphatic rings. The van der Waals surface area contributed by atoms with E-state index in [4.69, 9.17) is 9.15 Å². The Balaban J connectivity index is 2.10. The van der Waals surface area contributed by atoms with E-state index in [9.17, 15) is 14.9 Å². The molecule has 116 valence electrons. The molecule has 6 nitrogen and oxygen atoms in total. The number of nitro groups is 1.